The van der Waals surface area contributed by atoms with E-state index in [1.54, 1.807) is 6.07 Å². The highest BCUT2D eigenvalue weighted by molar-refractivity contribution is 7.22. The van der Waals surface area contributed by atoms with Crippen LogP contribution >= 0.6 is 22.9 Å². The number of hydrogen-bond donors (Lipinski definition) is 1. The second-order valence-corrected chi connectivity index (χ2v) is 6.29. The predicted molar refractivity (Wildman–Crippen MR) is 90.4 cm³/mol. The van der Waals surface area contributed by atoms with Crippen molar-refractivity contribution in [2.24, 2.45) is 0 Å². The van der Waals surface area contributed by atoms with Crippen LogP contribution in [0.25, 0.3) is 10.2 Å². The molecule has 0 saturated heterocycles. The fourth-order valence-corrected chi connectivity index (χ4v) is 3.13. The Morgan fingerprint density at radius 1 is 1.35 bits per heavy atom. The van der Waals surface area contributed by atoms with E-state index in [4.69, 9.17) is 11.6 Å². The van der Waals surface area contributed by atoms with E-state index in [-0.39, 0.29) is 11.3 Å². The van der Waals surface area contributed by atoms with Crippen molar-refractivity contribution in [2.45, 2.75) is 6.92 Å². The maximum atomic E-state index is 12.2. The number of benzene rings is 2. The van der Waals surface area contributed by atoms with Crippen LogP contribution in [0.15, 0.2) is 36.4 Å². The molecule has 1 heterocycles. The van der Waals surface area contributed by atoms with E-state index in [2.05, 4.69) is 10.3 Å². The summed E-state index contributed by atoms with van der Waals surface area (Å²) in [5.74, 6) is -0.449. The smallest absolute Gasteiger partial charge is 0.270 e. The number of rotatable bonds is 3. The van der Waals surface area contributed by atoms with Crippen molar-refractivity contribution >= 4 is 49.9 Å². The molecule has 0 aliphatic rings. The molecule has 3 aromatic rings. The second-order valence-electron chi connectivity index (χ2n) is 4.85. The lowest BCUT2D eigenvalue weighted by atomic mass is 10.2. The zero-order valence-corrected chi connectivity index (χ0v) is 13.4. The van der Waals surface area contributed by atoms with Gasteiger partial charge in [-0.1, -0.05) is 29.0 Å². The topological polar surface area (TPSA) is 85.1 Å². The molecule has 3 rings (SSSR count). The van der Waals surface area contributed by atoms with Crippen LogP contribution < -0.4 is 5.32 Å². The molecular formula is C15H10ClN3O3S. The standard InChI is InChI=1S/C15H10ClN3O3S/c1-8-5-13-12(7-11(8)16)17-15(23-13)18-14(20)9-3-2-4-10(6-9)19(21)22/h2-7H,1H3,(H,17,18,20). The number of nitrogens with one attached hydrogen (secondary N) is 1. The average Bonchev–Trinajstić information content (AvgIpc) is 2.89. The van der Waals surface area contributed by atoms with E-state index in [0.717, 1.165) is 10.3 Å². The first-order valence-electron chi connectivity index (χ1n) is 6.56. The van der Waals surface area contributed by atoms with Crippen LogP contribution in [0.1, 0.15) is 15.9 Å². The maximum Gasteiger partial charge on any atom is 0.270 e. The van der Waals surface area contributed by atoms with Crippen LogP contribution in [0.5, 0.6) is 0 Å². The van der Waals surface area contributed by atoms with Gasteiger partial charge < -0.3 is 0 Å². The van der Waals surface area contributed by atoms with E-state index >= 15 is 0 Å². The molecule has 23 heavy (non-hydrogen) atoms. The number of anilines is 1. The summed E-state index contributed by atoms with van der Waals surface area (Å²) in [4.78, 5) is 26.7. The molecule has 0 aliphatic heterocycles. The minimum Gasteiger partial charge on any atom is -0.298 e. The van der Waals surface area contributed by atoms with E-state index < -0.39 is 10.8 Å². The average molecular weight is 348 g/mol. The molecule has 0 spiro atoms. The van der Waals surface area contributed by atoms with Crippen molar-refractivity contribution in [1.29, 1.82) is 0 Å². The maximum absolute atomic E-state index is 12.2. The van der Waals surface area contributed by atoms with Crippen LogP contribution in [-0.2, 0) is 0 Å². The normalized spacial score (nSPS) is 10.7. The Balaban J connectivity index is 1.88. The van der Waals surface area contributed by atoms with Crippen molar-refractivity contribution < 1.29 is 9.72 Å². The third kappa shape index (κ3) is 3.15. The van der Waals surface area contributed by atoms with Gasteiger partial charge in [-0.05, 0) is 30.7 Å². The minimum atomic E-state index is -0.542. The minimum absolute atomic E-state index is 0.135. The second kappa shape index (κ2) is 5.94. The first kappa shape index (κ1) is 15.4. The predicted octanol–water partition coefficient (Wildman–Crippen LogP) is 4.42. The Morgan fingerprint density at radius 2 is 2.13 bits per heavy atom. The van der Waals surface area contributed by atoms with Gasteiger partial charge in [0.25, 0.3) is 11.6 Å². The molecule has 0 saturated carbocycles. The summed E-state index contributed by atoms with van der Waals surface area (Å²) >= 11 is 7.38. The van der Waals surface area contributed by atoms with Crippen LogP contribution in [0.3, 0.4) is 0 Å². The van der Waals surface area contributed by atoms with Gasteiger partial charge in [-0.15, -0.1) is 0 Å². The highest BCUT2D eigenvalue weighted by Crippen LogP contribution is 2.30. The molecule has 116 valence electrons. The first-order valence-corrected chi connectivity index (χ1v) is 7.76. The Morgan fingerprint density at radius 3 is 2.87 bits per heavy atom. The number of thiazole rings is 1. The number of carbonyl (C=O) groups excluding carboxylic acids is 1. The van der Waals surface area contributed by atoms with Gasteiger partial charge in [-0.25, -0.2) is 4.98 Å². The number of non-ortho nitro benzene ring substituents is 1. The van der Waals surface area contributed by atoms with E-state index in [0.29, 0.717) is 15.7 Å². The summed E-state index contributed by atoms with van der Waals surface area (Å²) in [7, 11) is 0. The molecule has 2 aromatic carbocycles. The number of carbonyl (C=O) groups is 1. The monoisotopic (exact) mass is 347 g/mol. The lowest BCUT2D eigenvalue weighted by Gasteiger charge is -2.01. The zero-order valence-electron chi connectivity index (χ0n) is 11.9. The Hall–Kier alpha value is -2.51. The number of aromatic nitrogens is 1. The van der Waals surface area contributed by atoms with Gasteiger partial charge in [0.05, 0.1) is 15.1 Å². The summed E-state index contributed by atoms with van der Waals surface area (Å²) in [5, 5.41) is 14.4. The quantitative estimate of drug-likeness (QED) is 0.561. The zero-order chi connectivity index (χ0) is 16.6. The van der Waals surface area contributed by atoms with E-state index in [1.807, 2.05) is 13.0 Å². The third-order valence-electron chi connectivity index (χ3n) is 3.21. The molecule has 1 amide bonds. The van der Waals surface area contributed by atoms with Crippen molar-refractivity contribution in [1.82, 2.24) is 4.98 Å². The number of nitro groups is 1. The number of fused-ring (bicyclic) bond motifs is 1. The summed E-state index contributed by atoms with van der Waals surface area (Å²) < 4.78 is 0.904. The van der Waals surface area contributed by atoms with Crippen molar-refractivity contribution in [3.05, 3.63) is 62.7 Å². The largest absolute Gasteiger partial charge is 0.298 e. The fourth-order valence-electron chi connectivity index (χ4n) is 2.03. The van der Waals surface area contributed by atoms with Crippen LogP contribution in [-0.4, -0.2) is 15.8 Å². The van der Waals surface area contributed by atoms with E-state index in [1.165, 1.54) is 35.6 Å². The van der Waals surface area contributed by atoms with Gasteiger partial charge in [-0.3, -0.25) is 20.2 Å². The van der Waals surface area contributed by atoms with Crippen molar-refractivity contribution in [2.75, 3.05) is 5.32 Å². The van der Waals surface area contributed by atoms with Crippen LogP contribution in [0.4, 0.5) is 10.8 Å². The van der Waals surface area contributed by atoms with E-state index in [9.17, 15) is 14.9 Å². The summed E-state index contributed by atoms with van der Waals surface area (Å²) in [5.41, 5.74) is 1.69. The molecule has 0 fully saturated rings. The van der Waals surface area contributed by atoms with Crippen LogP contribution in [0.2, 0.25) is 5.02 Å². The van der Waals surface area contributed by atoms with Gasteiger partial charge in [-0.2, -0.15) is 0 Å². The van der Waals surface area contributed by atoms with Gasteiger partial charge in [0, 0.05) is 22.7 Å². The summed E-state index contributed by atoms with van der Waals surface area (Å²) in [6.07, 6.45) is 0. The van der Waals surface area contributed by atoms with Gasteiger partial charge >= 0.3 is 0 Å². The van der Waals surface area contributed by atoms with Crippen molar-refractivity contribution in [3.63, 3.8) is 0 Å². The van der Waals surface area contributed by atoms with Gasteiger partial charge in [0.1, 0.15) is 0 Å². The highest BCUT2D eigenvalue weighted by Gasteiger charge is 2.14. The Bertz CT molecular complexity index is 900. The number of halogens is 1. The molecule has 1 aromatic heterocycles. The number of hydrogen-bond acceptors (Lipinski definition) is 5. The molecule has 0 aliphatic carbocycles. The number of amides is 1. The molecule has 0 atom stereocenters. The summed E-state index contributed by atoms with van der Waals surface area (Å²) in [6, 6.07) is 9.18. The summed E-state index contributed by atoms with van der Waals surface area (Å²) in [6.45, 7) is 1.89. The number of nitrogens with zero attached hydrogens (tertiary/aromatic N) is 2. The van der Waals surface area contributed by atoms with Gasteiger partial charge in [0.2, 0.25) is 0 Å². The Labute approximate surface area is 139 Å². The van der Waals surface area contributed by atoms with Crippen LogP contribution in [0, 0.1) is 17.0 Å². The molecular weight excluding hydrogens is 338 g/mol. The molecule has 1 N–H and O–H groups in total. The lowest BCUT2D eigenvalue weighted by molar-refractivity contribution is -0.384. The lowest BCUT2D eigenvalue weighted by Crippen LogP contribution is -2.11. The fraction of sp³-hybridized carbons (Fsp3) is 0.0667. The SMILES string of the molecule is Cc1cc2sc(NC(=O)c3cccc([N+](=O)[O-])c3)nc2cc1Cl. The van der Waals surface area contributed by atoms with Crippen molar-refractivity contribution in [3.8, 4) is 0 Å². The molecule has 0 radical (unpaired) electrons. The number of aryl methyl sites for hydroxylation is 1. The third-order valence-corrected chi connectivity index (χ3v) is 4.55. The van der Waals surface area contributed by atoms with Gasteiger partial charge in [0.15, 0.2) is 5.13 Å². The molecule has 8 heteroatoms. The highest BCUT2D eigenvalue weighted by atomic mass is 35.5. The molecule has 0 unspecified atom stereocenters. The Kier molecular flexibility index (Phi) is 3.97. The first-order chi connectivity index (χ1) is 10.9. The molecule has 0 bridgehead atoms. The molecule has 6 nitrogen and oxygen atoms in total. The number of nitro benzene ring substituents is 1.